The first-order valence-electron chi connectivity index (χ1n) is 10.1. The van der Waals surface area contributed by atoms with E-state index in [-0.39, 0.29) is 5.75 Å². The lowest BCUT2D eigenvalue weighted by atomic mass is 10.2. The predicted octanol–water partition coefficient (Wildman–Crippen LogP) is 5.16. The maximum atomic E-state index is 9.40. The number of nitrogens with two attached hydrogens (primary N) is 1. The van der Waals surface area contributed by atoms with Crippen LogP contribution in [0.3, 0.4) is 0 Å². The fourth-order valence-electron chi connectivity index (χ4n) is 3.08. The molecule has 0 radical (unpaired) electrons. The van der Waals surface area contributed by atoms with Crippen LogP contribution in [0.5, 0.6) is 23.0 Å². The van der Waals surface area contributed by atoms with Crippen molar-refractivity contribution in [1.29, 1.82) is 0 Å². The van der Waals surface area contributed by atoms with Crippen molar-refractivity contribution in [1.82, 2.24) is 4.98 Å². The molecule has 0 saturated heterocycles. The van der Waals surface area contributed by atoms with E-state index in [0.29, 0.717) is 18.9 Å². The molecule has 4 aromatic rings. The van der Waals surface area contributed by atoms with Crippen LogP contribution in [0.1, 0.15) is 12.0 Å². The minimum Gasteiger partial charge on any atom is -0.508 e. The van der Waals surface area contributed by atoms with Crippen molar-refractivity contribution in [2.75, 3.05) is 25.1 Å². The molecule has 0 saturated carbocycles. The van der Waals surface area contributed by atoms with Gasteiger partial charge in [-0.15, -0.1) is 0 Å². The van der Waals surface area contributed by atoms with Gasteiger partial charge in [0.05, 0.1) is 16.8 Å². The van der Waals surface area contributed by atoms with E-state index in [1.54, 1.807) is 35.6 Å². The van der Waals surface area contributed by atoms with Gasteiger partial charge in [0.25, 0.3) is 0 Å². The van der Waals surface area contributed by atoms with Gasteiger partial charge in [-0.2, -0.15) is 0 Å². The van der Waals surface area contributed by atoms with Crippen molar-refractivity contribution < 1.29 is 14.6 Å². The maximum absolute atomic E-state index is 9.40. The van der Waals surface area contributed by atoms with Crippen LogP contribution in [-0.2, 0) is 6.54 Å². The number of aromatic hydroxyl groups is 1. The molecule has 0 spiro atoms. The SMILES string of the molecule is CN(Cc1ccc(OCCCN)cc1)c1nc2ccc(Oc3ccc(O)cc3)cc2s1. The van der Waals surface area contributed by atoms with Gasteiger partial charge in [0.1, 0.15) is 23.0 Å². The van der Waals surface area contributed by atoms with E-state index in [4.69, 9.17) is 20.2 Å². The van der Waals surface area contributed by atoms with E-state index in [2.05, 4.69) is 17.0 Å². The largest absolute Gasteiger partial charge is 0.508 e. The molecule has 0 aliphatic rings. The highest BCUT2D eigenvalue weighted by atomic mass is 32.1. The average molecular weight is 436 g/mol. The molecule has 31 heavy (non-hydrogen) atoms. The number of phenolic OH excluding ortho intramolecular Hbond substituents is 1. The number of hydrogen-bond acceptors (Lipinski definition) is 7. The van der Waals surface area contributed by atoms with Gasteiger partial charge in [0, 0.05) is 19.7 Å². The summed E-state index contributed by atoms with van der Waals surface area (Å²) in [5.74, 6) is 2.49. The summed E-state index contributed by atoms with van der Waals surface area (Å²) in [6.45, 7) is 2.02. The van der Waals surface area contributed by atoms with E-state index in [1.165, 1.54) is 5.56 Å². The van der Waals surface area contributed by atoms with E-state index in [9.17, 15) is 5.11 Å². The summed E-state index contributed by atoms with van der Waals surface area (Å²) in [6, 6.07) is 20.7. The molecule has 0 bridgehead atoms. The van der Waals surface area contributed by atoms with Crippen molar-refractivity contribution in [3.8, 4) is 23.0 Å². The van der Waals surface area contributed by atoms with Crippen LogP contribution < -0.4 is 20.1 Å². The lowest BCUT2D eigenvalue weighted by Crippen LogP contribution is -2.15. The molecule has 1 aromatic heterocycles. The van der Waals surface area contributed by atoms with Gasteiger partial charge < -0.3 is 25.2 Å². The molecule has 6 nitrogen and oxygen atoms in total. The number of nitrogens with zero attached hydrogens (tertiary/aromatic N) is 2. The summed E-state index contributed by atoms with van der Waals surface area (Å²) < 4.78 is 12.6. The summed E-state index contributed by atoms with van der Waals surface area (Å²) in [7, 11) is 2.04. The third-order valence-corrected chi connectivity index (χ3v) is 5.84. The van der Waals surface area contributed by atoms with Crippen LogP contribution in [0.4, 0.5) is 5.13 Å². The Bertz CT molecular complexity index is 1130. The van der Waals surface area contributed by atoms with Gasteiger partial charge in [0.2, 0.25) is 0 Å². The number of thiazole rings is 1. The number of ether oxygens (including phenoxy) is 2. The molecule has 3 N–H and O–H groups in total. The van der Waals surface area contributed by atoms with Crippen molar-refractivity contribution in [2.24, 2.45) is 5.73 Å². The summed E-state index contributed by atoms with van der Waals surface area (Å²) in [4.78, 5) is 6.89. The molecule has 3 aromatic carbocycles. The topological polar surface area (TPSA) is 80.8 Å². The lowest BCUT2D eigenvalue weighted by Gasteiger charge is -2.16. The molecule has 0 fully saturated rings. The third kappa shape index (κ3) is 5.45. The molecule has 0 unspecified atom stereocenters. The number of fused-ring (bicyclic) bond motifs is 1. The van der Waals surface area contributed by atoms with E-state index in [0.717, 1.165) is 39.8 Å². The zero-order chi connectivity index (χ0) is 21.6. The third-order valence-electron chi connectivity index (χ3n) is 4.71. The van der Waals surface area contributed by atoms with E-state index < -0.39 is 0 Å². The molecular formula is C24H25N3O3S. The van der Waals surface area contributed by atoms with Crippen LogP contribution in [0, 0.1) is 0 Å². The predicted molar refractivity (Wildman–Crippen MR) is 126 cm³/mol. The Morgan fingerprint density at radius 2 is 1.68 bits per heavy atom. The summed E-state index contributed by atoms with van der Waals surface area (Å²) in [5, 5.41) is 10.3. The van der Waals surface area contributed by atoms with Gasteiger partial charge in [-0.05, 0) is 67.1 Å². The zero-order valence-corrected chi connectivity index (χ0v) is 18.1. The smallest absolute Gasteiger partial charge is 0.186 e. The minimum absolute atomic E-state index is 0.215. The Kier molecular flexibility index (Phi) is 6.54. The molecule has 7 heteroatoms. The molecule has 0 aliphatic heterocycles. The standard InChI is InChI=1S/C24H25N3O3S/c1-27(16-17-3-7-19(8-4-17)29-14-2-13-25)24-26-22-12-11-21(15-23(22)31-24)30-20-9-5-18(28)6-10-20/h3-12,15,28H,2,13-14,16,25H2,1H3. The van der Waals surface area contributed by atoms with Crippen LogP contribution in [0.15, 0.2) is 66.7 Å². The molecule has 160 valence electrons. The lowest BCUT2D eigenvalue weighted by molar-refractivity contribution is 0.313. The Hall–Kier alpha value is -3.29. The fourth-order valence-corrected chi connectivity index (χ4v) is 4.03. The average Bonchev–Trinajstić information content (AvgIpc) is 3.20. The quantitative estimate of drug-likeness (QED) is 0.354. The summed E-state index contributed by atoms with van der Waals surface area (Å²) >= 11 is 1.63. The zero-order valence-electron chi connectivity index (χ0n) is 17.3. The van der Waals surface area contributed by atoms with Gasteiger partial charge >= 0.3 is 0 Å². The van der Waals surface area contributed by atoms with Gasteiger partial charge in [0.15, 0.2) is 5.13 Å². The Balaban J connectivity index is 1.42. The molecule has 1 heterocycles. The second kappa shape index (κ2) is 9.68. The number of rotatable bonds is 9. The Labute approximate surface area is 185 Å². The molecule has 0 aliphatic carbocycles. The van der Waals surface area contributed by atoms with Crippen LogP contribution in [0.25, 0.3) is 10.2 Å². The van der Waals surface area contributed by atoms with Gasteiger partial charge in [-0.3, -0.25) is 0 Å². The summed E-state index contributed by atoms with van der Waals surface area (Å²) in [5.41, 5.74) is 7.62. The summed E-state index contributed by atoms with van der Waals surface area (Å²) in [6.07, 6.45) is 0.851. The molecule has 0 amide bonds. The number of phenols is 1. The highest BCUT2D eigenvalue weighted by Gasteiger charge is 2.11. The van der Waals surface area contributed by atoms with Crippen molar-refractivity contribution >= 4 is 26.7 Å². The Morgan fingerprint density at radius 3 is 2.42 bits per heavy atom. The highest BCUT2D eigenvalue weighted by Crippen LogP contribution is 2.33. The second-order valence-corrected chi connectivity index (χ2v) is 8.22. The number of anilines is 1. The fraction of sp³-hybridized carbons (Fsp3) is 0.208. The minimum atomic E-state index is 0.215. The first kappa shape index (κ1) is 21.0. The van der Waals surface area contributed by atoms with Crippen LogP contribution >= 0.6 is 11.3 Å². The van der Waals surface area contributed by atoms with Crippen LogP contribution in [0.2, 0.25) is 0 Å². The number of benzene rings is 3. The van der Waals surface area contributed by atoms with Crippen molar-refractivity contribution in [2.45, 2.75) is 13.0 Å². The first-order valence-corrected chi connectivity index (χ1v) is 10.9. The normalized spacial score (nSPS) is 10.9. The maximum Gasteiger partial charge on any atom is 0.186 e. The Morgan fingerprint density at radius 1 is 0.968 bits per heavy atom. The number of hydrogen-bond donors (Lipinski definition) is 2. The molecular weight excluding hydrogens is 410 g/mol. The van der Waals surface area contributed by atoms with Gasteiger partial charge in [-0.25, -0.2) is 4.98 Å². The van der Waals surface area contributed by atoms with E-state index in [1.807, 2.05) is 37.4 Å². The van der Waals surface area contributed by atoms with Gasteiger partial charge in [-0.1, -0.05) is 23.5 Å². The first-order chi connectivity index (χ1) is 15.1. The van der Waals surface area contributed by atoms with E-state index >= 15 is 0 Å². The second-order valence-electron chi connectivity index (χ2n) is 7.21. The number of aromatic nitrogens is 1. The van der Waals surface area contributed by atoms with Crippen LogP contribution in [-0.4, -0.2) is 30.3 Å². The monoisotopic (exact) mass is 435 g/mol. The highest BCUT2D eigenvalue weighted by molar-refractivity contribution is 7.22. The molecule has 4 rings (SSSR count). The molecule has 0 atom stereocenters. The van der Waals surface area contributed by atoms with Crippen molar-refractivity contribution in [3.63, 3.8) is 0 Å². The van der Waals surface area contributed by atoms with Crippen molar-refractivity contribution in [3.05, 3.63) is 72.3 Å².